The van der Waals surface area contributed by atoms with Crippen LogP contribution in [-0.2, 0) is 0 Å². The predicted molar refractivity (Wildman–Crippen MR) is 269 cm³/mol. The van der Waals surface area contributed by atoms with Gasteiger partial charge in [-0.25, -0.2) is 9.98 Å². The van der Waals surface area contributed by atoms with E-state index in [1.54, 1.807) is 0 Å². The van der Waals surface area contributed by atoms with Gasteiger partial charge in [0.2, 0.25) is 0 Å². The second kappa shape index (κ2) is 13.9. The first-order chi connectivity index (χ1) is 30.7. The largest absolute Gasteiger partial charge is 0.308 e. The molecule has 0 saturated heterocycles. The van der Waals surface area contributed by atoms with Gasteiger partial charge in [0.15, 0.2) is 5.84 Å². The van der Waals surface area contributed by atoms with Gasteiger partial charge in [0.25, 0.3) is 0 Å². The van der Waals surface area contributed by atoms with Gasteiger partial charge in [-0.15, -0.1) is 22.7 Å². The zero-order chi connectivity index (χ0) is 40.9. The SMILES string of the molecule is C/C1=C(\c2cccc3sc4ccccc4c23)N=C(c2ccc(-n3c4ccccc4c4cc5ccccc5cc43)c3sc4ccccc4c23)N=C(c2cccc3ccccc23)CC1. The Hall–Kier alpha value is -7.18. The van der Waals surface area contributed by atoms with Gasteiger partial charge in [-0.1, -0.05) is 133 Å². The second-order valence-electron chi connectivity index (χ2n) is 16.4. The summed E-state index contributed by atoms with van der Waals surface area (Å²) >= 11 is 3.71. The summed E-state index contributed by atoms with van der Waals surface area (Å²) in [6.45, 7) is 2.28. The molecular weight excluding hydrogens is 791 g/mol. The Labute approximate surface area is 365 Å². The van der Waals surface area contributed by atoms with Crippen molar-refractivity contribution < 1.29 is 0 Å². The van der Waals surface area contributed by atoms with Crippen LogP contribution in [0.25, 0.3) is 95.1 Å². The molecule has 1 aliphatic heterocycles. The maximum absolute atomic E-state index is 5.82. The van der Waals surface area contributed by atoms with Crippen LogP contribution in [0.4, 0.5) is 0 Å². The van der Waals surface area contributed by atoms with E-state index in [1.165, 1.54) is 100 Å². The van der Waals surface area contributed by atoms with Crippen LogP contribution in [0.15, 0.2) is 198 Å². The van der Waals surface area contributed by atoms with E-state index < -0.39 is 0 Å². The Balaban J connectivity index is 1.12. The lowest BCUT2D eigenvalue weighted by Gasteiger charge is -2.19. The van der Waals surface area contributed by atoms with Crippen molar-refractivity contribution >= 4 is 124 Å². The fourth-order valence-corrected chi connectivity index (χ4v) is 12.3. The van der Waals surface area contributed by atoms with Gasteiger partial charge in [0.1, 0.15) is 0 Å². The van der Waals surface area contributed by atoms with Gasteiger partial charge in [0.05, 0.1) is 32.8 Å². The van der Waals surface area contributed by atoms with Gasteiger partial charge in [-0.3, -0.25) is 0 Å². The monoisotopic (exact) mass is 827 g/mol. The van der Waals surface area contributed by atoms with Crippen LogP contribution < -0.4 is 0 Å². The third-order valence-corrected chi connectivity index (χ3v) is 15.2. The highest BCUT2D eigenvalue weighted by Gasteiger charge is 2.24. The highest BCUT2D eigenvalue weighted by atomic mass is 32.1. The van der Waals surface area contributed by atoms with Crippen LogP contribution in [0.3, 0.4) is 0 Å². The van der Waals surface area contributed by atoms with Crippen molar-refractivity contribution in [2.24, 2.45) is 9.98 Å². The number of allylic oxidation sites excluding steroid dienone is 1. The molecule has 0 amide bonds. The molecule has 0 bridgehead atoms. The van der Waals surface area contributed by atoms with Crippen LogP contribution in [0.1, 0.15) is 36.5 Å². The molecule has 9 aromatic carbocycles. The number of thiophene rings is 2. The summed E-state index contributed by atoms with van der Waals surface area (Å²) in [6, 6.07) is 66.5. The van der Waals surface area contributed by atoms with Gasteiger partial charge in [0, 0.05) is 63.1 Å². The Morgan fingerprint density at radius 1 is 0.435 bits per heavy atom. The van der Waals surface area contributed by atoms with E-state index in [-0.39, 0.29) is 0 Å². The summed E-state index contributed by atoms with van der Waals surface area (Å²) in [7, 11) is 0. The normalized spacial score (nSPS) is 15.0. The summed E-state index contributed by atoms with van der Waals surface area (Å²) in [4.78, 5) is 11.6. The topological polar surface area (TPSA) is 29.6 Å². The molecule has 3 aromatic heterocycles. The number of hydrogen-bond acceptors (Lipinski definition) is 4. The molecule has 12 aromatic rings. The van der Waals surface area contributed by atoms with Crippen LogP contribution >= 0.6 is 22.7 Å². The van der Waals surface area contributed by atoms with Crippen molar-refractivity contribution in [3.63, 3.8) is 0 Å². The van der Waals surface area contributed by atoms with E-state index in [4.69, 9.17) is 9.98 Å². The lowest BCUT2D eigenvalue weighted by molar-refractivity contribution is 1.01. The average molecular weight is 828 g/mol. The van der Waals surface area contributed by atoms with Crippen molar-refractivity contribution in [3.8, 4) is 5.69 Å². The summed E-state index contributed by atoms with van der Waals surface area (Å²) in [5.41, 5.74) is 10.3. The number of nitrogens with zero attached hydrogens (tertiary/aromatic N) is 3. The summed E-state index contributed by atoms with van der Waals surface area (Å²) in [6.07, 6.45) is 1.65. The Kier molecular flexibility index (Phi) is 7.99. The number of aliphatic imine (C=N–C) groups is 2. The fraction of sp³-hybridized carbons (Fsp3) is 0.0526. The van der Waals surface area contributed by atoms with E-state index in [2.05, 4.69) is 193 Å². The van der Waals surface area contributed by atoms with Gasteiger partial charge < -0.3 is 4.57 Å². The number of rotatable bonds is 4. The molecule has 0 spiro atoms. The Morgan fingerprint density at radius 2 is 1.06 bits per heavy atom. The number of aromatic nitrogens is 1. The van der Waals surface area contributed by atoms with Gasteiger partial charge in [-0.2, -0.15) is 0 Å². The van der Waals surface area contributed by atoms with E-state index in [1.807, 2.05) is 22.7 Å². The number of amidine groups is 1. The molecule has 1 aliphatic rings. The van der Waals surface area contributed by atoms with Crippen molar-refractivity contribution in [1.29, 1.82) is 0 Å². The molecule has 0 fully saturated rings. The Morgan fingerprint density at radius 3 is 1.90 bits per heavy atom. The van der Waals surface area contributed by atoms with Crippen LogP contribution in [0.2, 0.25) is 0 Å². The van der Waals surface area contributed by atoms with Crippen LogP contribution in [0, 0.1) is 0 Å². The summed E-state index contributed by atoms with van der Waals surface area (Å²) in [5, 5.41) is 12.4. The molecule has 0 aliphatic carbocycles. The summed E-state index contributed by atoms with van der Waals surface area (Å²) in [5.74, 6) is 0.742. The lowest BCUT2D eigenvalue weighted by atomic mass is 9.93. The maximum atomic E-state index is 5.82. The quantitative estimate of drug-likeness (QED) is 0.169. The van der Waals surface area contributed by atoms with Crippen LogP contribution in [0.5, 0.6) is 0 Å². The lowest BCUT2D eigenvalue weighted by Crippen LogP contribution is -2.11. The van der Waals surface area contributed by atoms with Crippen molar-refractivity contribution in [2.75, 3.05) is 0 Å². The van der Waals surface area contributed by atoms with Gasteiger partial charge >= 0.3 is 0 Å². The molecule has 0 N–H and O–H groups in total. The first-order valence-corrected chi connectivity index (χ1v) is 22.9. The van der Waals surface area contributed by atoms with E-state index in [0.717, 1.165) is 41.3 Å². The molecule has 0 saturated carbocycles. The first-order valence-electron chi connectivity index (χ1n) is 21.3. The van der Waals surface area contributed by atoms with Crippen molar-refractivity contribution in [2.45, 2.75) is 19.8 Å². The predicted octanol–water partition coefficient (Wildman–Crippen LogP) is 16.3. The molecular formula is C57H37N3S2. The maximum Gasteiger partial charge on any atom is 0.160 e. The van der Waals surface area contributed by atoms with Gasteiger partial charge in [-0.05, 0) is 95.4 Å². The second-order valence-corrected chi connectivity index (χ2v) is 18.6. The standard InChI is InChI=1S/C57H37N3S2/c1-34-28-30-46(39-22-12-17-35-14-4-5-18-38(35)39)58-57(59-55(34)43-23-13-27-52-53(43)41-20-7-10-25-50(41)61-52)44-29-31-48(56-54(44)42-21-8-11-26-51(42)62-56)60-47-24-9-6-19-40(47)45-32-36-15-2-3-16-37(36)33-49(45)60/h2-27,29,31-33H,28,30H2,1H3/b55-34-,58-46?,59-57?. The number of hydrogen-bond donors (Lipinski definition) is 0. The third-order valence-electron chi connectivity index (χ3n) is 12.9. The molecule has 0 radical (unpaired) electrons. The highest BCUT2D eigenvalue weighted by Crippen LogP contribution is 2.45. The van der Waals surface area contributed by atoms with E-state index >= 15 is 0 Å². The molecule has 13 rings (SSSR count). The molecule has 4 heterocycles. The molecule has 3 nitrogen and oxygen atoms in total. The number of benzene rings is 9. The zero-order valence-electron chi connectivity index (χ0n) is 33.9. The highest BCUT2D eigenvalue weighted by molar-refractivity contribution is 7.26. The fourth-order valence-electron chi connectivity index (χ4n) is 9.98. The number of fused-ring (bicyclic) bond motifs is 11. The minimum atomic E-state index is 0.742. The minimum Gasteiger partial charge on any atom is -0.308 e. The minimum absolute atomic E-state index is 0.742. The Bertz CT molecular complexity index is 3940. The summed E-state index contributed by atoms with van der Waals surface area (Å²) < 4.78 is 7.52. The van der Waals surface area contributed by atoms with Crippen molar-refractivity contribution in [3.05, 3.63) is 204 Å². The average Bonchev–Trinajstić information content (AvgIpc) is 4.00. The van der Waals surface area contributed by atoms with E-state index in [9.17, 15) is 0 Å². The molecule has 0 unspecified atom stereocenters. The number of para-hydroxylation sites is 1. The molecule has 62 heavy (non-hydrogen) atoms. The van der Waals surface area contributed by atoms with E-state index in [0.29, 0.717) is 0 Å². The molecule has 0 atom stereocenters. The smallest absolute Gasteiger partial charge is 0.160 e. The first kappa shape index (κ1) is 35.6. The molecule has 5 heteroatoms. The third kappa shape index (κ3) is 5.42. The van der Waals surface area contributed by atoms with Crippen molar-refractivity contribution in [1.82, 2.24) is 4.57 Å². The zero-order valence-corrected chi connectivity index (χ0v) is 35.5. The molecule has 292 valence electrons. The van der Waals surface area contributed by atoms with Crippen LogP contribution in [-0.4, -0.2) is 16.1 Å².